The number of para-hydroxylation sites is 1. The van der Waals surface area contributed by atoms with Gasteiger partial charge in [0.25, 0.3) is 0 Å². The third kappa shape index (κ3) is 3.81. The van der Waals surface area contributed by atoms with Gasteiger partial charge in [-0.3, -0.25) is 4.79 Å². The number of carbonyl (C=O) groups excluding carboxylic acids is 1. The van der Waals surface area contributed by atoms with Gasteiger partial charge in [-0.1, -0.05) is 30.4 Å². The van der Waals surface area contributed by atoms with Crippen LogP contribution in [0.5, 0.6) is 5.75 Å². The highest BCUT2D eigenvalue weighted by atomic mass is 16.5. The third-order valence-corrected chi connectivity index (χ3v) is 5.34. The van der Waals surface area contributed by atoms with Crippen LogP contribution in [-0.2, 0) is 11.2 Å². The molecule has 0 saturated carbocycles. The van der Waals surface area contributed by atoms with Crippen LogP contribution in [0.3, 0.4) is 0 Å². The number of aliphatic hydroxyl groups is 1. The van der Waals surface area contributed by atoms with Gasteiger partial charge in [0, 0.05) is 25.4 Å². The zero-order valence-corrected chi connectivity index (χ0v) is 14.4. The zero-order chi connectivity index (χ0) is 17.0. The van der Waals surface area contributed by atoms with Gasteiger partial charge < -0.3 is 14.7 Å². The first-order valence-corrected chi connectivity index (χ1v) is 8.89. The molecule has 0 radical (unpaired) electrons. The van der Waals surface area contributed by atoms with Crippen LogP contribution in [-0.4, -0.2) is 41.7 Å². The summed E-state index contributed by atoms with van der Waals surface area (Å²) >= 11 is 0. The van der Waals surface area contributed by atoms with Crippen LogP contribution in [0, 0.1) is 5.92 Å². The highest BCUT2D eigenvalue weighted by Crippen LogP contribution is 2.31. The molecule has 0 aromatic heterocycles. The van der Waals surface area contributed by atoms with Crippen molar-refractivity contribution in [1.82, 2.24) is 4.90 Å². The van der Waals surface area contributed by atoms with Crippen LogP contribution in [0.4, 0.5) is 0 Å². The summed E-state index contributed by atoms with van der Waals surface area (Å²) in [6.07, 6.45) is 8.92. The van der Waals surface area contributed by atoms with E-state index in [1.165, 1.54) is 0 Å². The zero-order valence-electron chi connectivity index (χ0n) is 14.4. The lowest BCUT2D eigenvalue weighted by Crippen LogP contribution is -2.49. The molecule has 0 spiro atoms. The van der Waals surface area contributed by atoms with Crippen molar-refractivity contribution in [3.8, 4) is 5.75 Å². The molecule has 2 aliphatic rings. The Bertz CT molecular complexity index is 603. The molecular formula is C20H27NO3. The SMILES string of the molecule is COc1ccccc1CC1(O)CCN(C(=O)C2CC=CCC2)CC1. The fourth-order valence-electron chi connectivity index (χ4n) is 3.80. The average Bonchev–Trinajstić information content (AvgIpc) is 2.63. The first kappa shape index (κ1) is 17.0. The quantitative estimate of drug-likeness (QED) is 0.864. The Morgan fingerprint density at radius 1 is 1.29 bits per heavy atom. The van der Waals surface area contributed by atoms with Gasteiger partial charge in [-0.25, -0.2) is 0 Å². The number of methoxy groups -OCH3 is 1. The van der Waals surface area contributed by atoms with Gasteiger partial charge in [0.2, 0.25) is 5.91 Å². The van der Waals surface area contributed by atoms with E-state index in [0.717, 1.165) is 30.6 Å². The summed E-state index contributed by atoms with van der Waals surface area (Å²) in [5, 5.41) is 10.9. The standard InChI is InChI=1S/C20H27NO3/c1-24-18-10-6-5-9-17(18)15-20(23)11-13-21(14-12-20)19(22)16-7-3-2-4-8-16/h2-3,5-6,9-10,16,23H,4,7-8,11-15H2,1H3. The van der Waals surface area contributed by atoms with Crippen molar-refractivity contribution >= 4 is 5.91 Å². The van der Waals surface area contributed by atoms with Gasteiger partial charge in [-0.05, 0) is 43.7 Å². The van der Waals surface area contributed by atoms with Crippen LogP contribution >= 0.6 is 0 Å². The first-order valence-electron chi connectivity index (χ1n) is 8.89. The summed E-state index contributed by atoms with van der Waals surface area (Å²) in [5.41, 5.74) is 0.275. The Balaban J connectivity index is 1.59. The smallest absolute Gasteiger partial charge is 0.226 e. The number of piperidine rings is 1. The highest BCUT2D eigenvalue weighted by Gasteiger charge is 2.36. The summed E-state index contributed by atoms with van der Waals surface area (Å²) in [6, 6.07) is 7.83. The predicted molar refractivity (Wildman–Crippen MR) is 93.9 cm³/mol. The molecule has 1 amide bonds. The maximum atomic E-state index is 12.6. The molecule has 0 bridgehead atoms. The van der Waals surface area contributed by atoms with E-state index < -0.39 is 5.60 Å². The molecule has 4 heteroatoms. The van der Waals surface area contributed by atoms with Crippen molar-refractivity contribution in [3.63, 3.8) is 0 Å². The van der Waals surface area contributed by atoms with E-state index in [2.05, 4.69) is 12.2 Å². The Morgan fingerprint density at radius 3 is 2.71 bits per heavy atom. The summed E-state index contributed by atoms with van der Waals surface area (Å²) in [5.74, 6) is 1.22. The van der Waals surface area contributed by atoms with Crippen LogP contribution < -0.4 is 4.74 Å². The number of nitrogens with zero attached hydrogens (tertiary/aromatic N) is 1. The van der Waals surface area contributed by atoms with Crippen molar-refractivity contribution < 1.29 is 14.6 Å². The molecule has 1 saturated heterocycles. The molecule has 1 unspecified atom stereocenters. The van der Waals surface area contributed by atoms with E-state index in [1.54, 1.807) is 7.11 Å². The van der Waals surface area contributed by atoms with Gasteiger partial charge in [0.05, 0.1) is 12.7 Å². The minimum Gasteiger partial charge on any atom is -0.496 e. The molecule has 24 heavy (non-hydrogen) atoms. The molecule has 1 N–H and O–H groups in total. The van der Waals surface area contributed by atoms with Crippen molar-refractivity contribution in [1.29, 1.82) is 0 Å². The number of hydrogen-bond donors (Lipinski definition) is 1. The normalized spacial score (nSPS) is 23.1. The summed E-state index contributed by atoms with van der Waals surface area (Å²) in [4.78, 5) is 14.6. The second-order valence-electron chi connectivity index (χ2n) is 7.02. The first-order chi connectivity index (χ1) is 11.6. The molecule has 1 fully saturated rings. The maximum Gasteiger partial charge on any atom is 0.226 e. The molecular weight excluding hydrogens is 302 g/mol. The lowest BCUT2D eigenvalue weighted by Gasteiger charge is -2.40. The second kappa shape index (κ2) is 7.39. The lowest BCUT2D eigenvalue weighted by atomic mass is 9.84. The number of benzene rings is 1. The largest absolute Gasteiger partial charge is 0.496 e. The number of rotatable bonds is 4. The van der Waals surface area contributed by atoms with Gasteiger partial charge in [0.15, 0.2) is 0 Å². The van der Waals surface area contributed by atoms with Gasteiger partial charge in [0.1, 0.15) is 5.75 Å². The second-order valence-corrected chi connectivity index (χ2v) is 7.02. The van der Waals surface area contributed by atoms with Crippen molar-refractivity contribution in [3.05, 3.63) is 42.0 Å². The Labute approximate surface area is 144 Å². The van der Waals surface area contributed by atoms with E-state index >= 15 is 0 Å². The molecule has 130 valence electrons. The van der Waals surface area contributed by atoms with Crippen molar-refractivity contribution in [2.45, 2.75) is 44.1 Å². The topological polar surface area (TPSA) is 49.8 Å². The average molecular weight is 329 g/mol. The Hall–Kier alpha value is -1.81. The van der Waals surface area contributed by atoms with Crippen LogP contribution in [0.25, 0.3) is 0 Å². The Morgan fingerprint density at radius 2 is 2.04 bits per heavy atom. The minimum atomic E-state index is -0.752. The molecule has 1 aromatic rings. The monoisotopic (exact) mass is 329 g/mol. The van der Waals surface area contributed by atoms with Gasteiger partial charge >= 0.3 is 0 Å². The predicted octanol–water partition coefficient (Wildman–Crippen LogP) is 2.95. The molecule has 1 aromatic carbocycles. The fraction of sp³-hybridized carbons (Fsp3) is 0.550. The third-order valence-electron chi connectivity index (χ3n) is 5.34. The van der Waals surface area contributed by atoms with E-state index in [4.69, 9.17) is 4.74 Å². The highest BCUT2D eigenvalue weighted by molar-refractivity contribution is 5.79. The molecule has 1 aliphatic carbocycles. The number of carbonyl (C=O) groups is 1. The lowest BCUT2D eigenvalue weighted by molar-refractivity contribution is -0.140. The summed E-state index contributed by atoms with van der Waals surface area (Å²) in [6.45, 7) is 1.29. The van der Waals surface area contributed by atoms with E-state index in [-0.39, 0.29) is 11.8 Å². The van der Waals surface area contributed by atoms with Crippen LogP contribution in [0.15, 0.2) is 36.4 Å². The van der Waals surface area contributed by atoms with Crippen molar-refractivity contribution in [2.75, 3.05) is 20.2 Å². The maximum absolute atomic E-state index is 12.6. The van der Waals surface area contributed by atoms with E-state index in [1.807, 2.05) is 29.2 Å². The number of ether oxygens (including phenoxy) is 1. The van der Waals surface area contributed by atoms with Gasteiger partial charge in [-0.15, -0.1) is 0 Å². The Kier molecular flexibility index (Phi) is 5.24. The minimum absolute atomic E-state index is 0.135. The number of allylic oxidation sites excluding steroid dienone is 2. The number of hydrogen-bond acceptors (Lipinski definition) is 3. The van der Waals surface area contributed by atoms with Crippen LogP contribution in [0.2, 0.25) is 0 Å². The van der Waals surface area contributed by atoms with Crippen molar-refractivity contribution in [2.24, 2.45) is 5.92 Å². The summed E-state index contributed by atoms with van der Waals surface area (Å²) in [7, 11) is 1.66. The molecule has 1 aliphatic heterocycles. The fourth-order valence-corrected chi connectivity index (χ4v) is 3.80. The number of likely N-dealkylation sites (tertiary alicyclic amines) is 1. The van der Waals surface area contributed by atoms with E-state index in [9.17, 15) is 9.90 Å². The molecule has 1 heterocycles. The number of amides is 1. The van der Waals surface area contributed by atoms with E-state index in [0.29, 0.717) is 32.4 Å². The van der Waals surface area contributed by atoms with Crippen LogP contribution in [0.1, 0.15) is 37.7 Å². The molecule has 3 rings (SSSR count). The summed E-state index contributed by atoms with van der Waals surface area (Å²) < 4.78 is 5.39. The molecule has 4 nitrogen and oxygen atoms in total. The van der Waals surface area contributed by atoms with Gasteiger partial charge in [-0.2, -0.15) is 0 Å². The molecule has 1 atom stereocenters.